The van der Waals surface area contributed by atoms with E-state index >= 15 is 0 Å². The van der Waals surface area contributed by atoms with Crippen LogP contribution in [-0.2, 0) is 0 Å². The van der Waals surface area contributed by atoms with E-state index in [0.29, 0.717) is 12.2 Å². The molecular formula is C24H26FN7O3. The predicted molar refractivity (Wildman–Crippen MR) is 127 cm³/mol. The summed E-state index contributed by atoms with van der Waals surface area (Å²) in [7, 11) is 0. The Morgan fingerprint density at radius 1 is 0.971 bits per heavy atom. The highest BCUT2D eigenvalue weighted by Crippen LogP contribution is 2.17. The molecule has 1 fully saturated rings. The lowest BCUT2D eigenvalue weighted by molar-refractivity contribution is 0.0924. The fourth-order valence-corrected chi connectivity index (χ4v) is 3.93. The topological polar surface area (TPSA) is 135 Å². The number of hydrogen-bond acceptors (Lipinski definition) is 6. The SMILES string of the molecule is NC(=O)c1c(C(=O)NCCN2CCCCC2)ncn1-c1ccc(NC(=O)c2ccc(F)cc2)nc1. The summed E-state index contributed by atoms with van der Waals surface area (Å²) in [4.78, 5) is 47.7. The summed E-state index contributed by atoms with van der Waals surface area (Å²) in [6.45, 7) is 3.20. The Balaban J connectivity index is 1.43. The van der Waals surface area contributed by atoms with Crippen molar-refractivity contribution in [2.45, 2.75) is 19.3 Å². The Morgan fingerprint density at radius 2 is 1.71 bits per heavy atom. The van der Waals surface area contributed by atoms with Crippen molar-refractivity contribution in [1.29, 1.82) is 0 Å². The molecule has 35 heavy (non-hydrogen) atoms. The van der Waals surface area contributed by atoms with E-state index in [0.717, 1.165) is 32.5 Å². The molecule has 3 amide bonds. The van der Waals surface area contributed by atoms with E-state index in [9.17, 15) is 18.8 Å². The fourth-order valence-electron chi connectivity index (χ4n) is 3.93. The third-order valence-electron chi connectivity index (χ3n) is 5.75. The molecule has 0 bridgehead atoms. The number of hydrogen-bond donors (Lipinski definition) is 3. The minimum Gasteiger partial charge on any atom is -0.364 e. The van der Waals surface area contributed by atoms with E-state index in [2.05, 4.69) is 25.5 Å². The van der Waals surface area contributed by atoms with Gasteiger partial charge in [0.2, 0.25) is 0 Å². The summed E-state index contributed by atoms with van der Waals surface area (Å²) in [5, 5.41) is 5.42. The number of piperidine rings is 1. The Kier molecular flexibility index (Phi) is 7.46. The van der Waals surface area contributed by atoms with E-state index in [-0.39, 0.29) is 22.8 Å². The number of pyridine rings is 1. The zero-order valence-electron chi connectivity index (χ0n) is 19.0. The van der Waals surface area contributed by atoms with Gasteiger partial charge in [0.05, 0.1) is 11.9 Å². The molecule has 10 nitrogen and oxygen atoms in total. The van der Waals surface area contributed by atoms with Crippen LogP contribution in [0.2, 0.25) is 0 Å². The molecule has 1 aliphatic rings. The molecule has 182 valence electrons. The van der Waals surface area contributed by atoms with Crippen LogP contribution in [0.15, 0.2) is 48.9 Å². The number of nitrogens with one attached hydrogen (secondary N) is 2. The molecular weight excluding hydrogens is 453 g/mol. The van der Waals surface area contributed by atoms with Gasteiger partial charge in [-0.2, -0.15) is 0 Å². The summed E-state index contributed by atoms with van der Waals surface area (Å²) in [5.74, 6) is -1.93. The lowest BCUT2D eigenvalue weighted by Gasteiger charge is -2.26. The van der Waals surface area contributed by atoms with E-state index in [4.69, 9.17) is 5.73 Å². The average Bonchev–Trinajstić information content (AvgIpc) is 3.31. The van der Waals surface area contributed by atoms with Gasteiger partial charge < -0.3 is 21.3 Å². The average molecular weight is 480 g/mol. The number of anilines is 1. The minimum absolute atomic E-state index is 0.0645. The Labute approximate surface area is 201 Å². The molecule has 0 saturated carbocycles. The van der Waals surface area contributed by atoms with Gasteiger partial charge in [-0.1, -0.05) is 6.42 Å². The van der Waals surface area contributed by atoms with Crippen molar-refractivity contribution < 1.29 is 18.8 Å². The van der Waals surface area contributed by atoms with Gasteiger partial charge in [-0.25, -0.2) is 14.4 Å². The first-order valence-corrected chi connectivity index (χ1v) is 11.3. The van der Waals surface area contributed by atoms with Gasteiger partial charge in [0.1, 0.15) is 23.7 Å². The normalized spacial score (nSPS) is 13.9. The van der Waals surface area contributed by atoms with E-state index in [1.807, 2.05) is 0 Å². The van der Waals surface area contributed by atoms with Crippen molar-refractivity contribution in [3.05, 3.63) is 71.7 Å². The molecule has 1 aromatic carbocycles. The largest absolute Gasteiger partial charge is 0.364 e. The van der Waals surface area contributed by atoms with Crippen LogP contribution in [0, 0.1) is 5.82 Å². The molecule has 1 saturated heterocycles. The first-order chi connectivity index (χ1) is 16.9. The summed E-state index contributed by atoms with van der Waals surface area (Å²) in [6, 6.07) is 8.24. The van der Waals surface area contributed by atoms with Gasteiger partial charge in [0.15, 0.2) is 5.69 Å². The second-order valence-corrected chi connectivity index (χ2v) is 8.20. The lowest BCUT2D eigenvalue weighted by Crippen LogP contribution is -2.38. The number of nitrogens with zero attached hydrogens (tertiary/aromatic N) is 4. The Hall–Kier alpha value is -4.12. The van der Waals surface area contributed by atoms with Crippen LogP contribution in [0.25, 0.3) is 5.69 Å². The second kappa shape index (κ2) is 10.9. The maximum Gasteiger partial charge on any atom is 0.272 e. The monoisotopic (exact) mass is 479 g/mol. The molecule has 3 heterocycles. The molecule has 0 aliphatic carbocycles. The number of primary amides is 1. The molecule has 0 radical (unpaired) electrons. The van der Waals surface area contributed by atoms with Crippen molar-refractivity contribution >= 4 is 23.5 Å². The number of rotatable bonds is 8. The molecule has 4 rings (SSSR count). The summed E-state index contributed by atoms with van der Waals surface area (Å²) >= 11 is 0. The van der Waals surface area contributed by atoms with Crippen molar-refractivity contribution in [2.75, 3.05) is 31.5 Å². The number of likely N-dealkylation sites (tertiary alicyclic amines) is 1. The number of benzene rings is 1. The number of halogens is 1. The van der Waals surface area contributed by atoms with Gasteiger partial charge in [-0.3, -0.25) is 19.0 Å². The highest BCUT2D eigenvalue weighted by atomic mass is 19.1. The van der Waals surface area contributed by atoms with Gasteiger partial charge in [-0.05, 0) is 62.3 Å². The maximum atomic E-state index is 13.1. The standard InChI is InChI=1S/C24H26FN7O3/c25-17-6-4-16(5-7-17)23(34)30-19-9-8-18(14-28-19)32-15-29-20(21(32)22(26)33)24(35)27-10-13-31-11-2-1-3-12-31/h4-9,14-15H,1-3,10-13H2,(H2,26,33)(H,27,35)(H,28,30,34). The summed E-state index contributed by atoms with van der Waals surface area (Å²) in [6.07, 6.45) is 6.29. The molecule has 3 aromatic rings. The molecule has 0 unspecified atom stereocenters. The molecule has 0 spiro atoms. The highest BCUT2D eigenvalue weighted by Gasteiger charge is 2.23. The number of nitrogens with two attached hydrogens (primary N) is 1. The zero-order valence-corrected chi connectivity index (χ0v) is 19.0. The van der Waals surface area contributed by atoms with Crippen molar-refractivity contribution in [2.24, 2.45) is 5.73 Å². The molecule has 0 atom stereocenters. The first-order valence-electron chi connectivity index (χ1n) is 11.3. The summed E-state index contributed by atoms with van der Waals surface area (Å²) in [5.41, 5.74) is 6.14. The lowest BCUT2D eigenvalue weighted by atomic mass is 10.1. The van der Waals surface area contributed by atoms with Crippen molar-refractivity contribution in [3.8, 4) is 5.69 Å². The molecule has 1 aliphatic heterocycles. The molecule has 2 aromatic heterocycles. The third kappa shape index (κ3) is 5.87. The third-order valence-corrected chi connectivity index (χ3v) is 5.75. The van der Waals surface area contributed by atoms with Crippen LogP contribution in [-0.4, -0.2) is 63.3 Å². The van der Waals surface area contributed by atoms with Crippen LogP contribution >= 0.6 is 0 Å². The predicted octanol–water partition coefficient (Wildman–Crippen LogP) is 1.97. The number of carbonyl (C=O) groups is 3. The van der Waals surface area contributed by atoms with E-state index in [1.165, 1.54) is 53.8 Å². The number of imidazole rings is 1. The second-order valence-electron chi connectivity index (χ2n) is 8.20. The molecule has 11 heteroatoms. The van der Waals surface area contributed by atoms with Gasteiger partial charge in [0.25, 0.3) is 17.7 Å². The maximum absolute atomic E-state index is 13.1. The fraction of sp³-hybridized carbons (Fsp3) is 0.292. The van der Waals surface area contributed by atoms with Crippen LogP contribution in [0.5, 0.6) is 0 Å². The summed E-state index contributed by atoms with van der Waals surface area (Å²) < 4.78 is 14.4. The van der Waals surface area contributed by atoms with E-state index < -0.39 is 23.5 Å². The van der Waals surface area contributed by atoms with Crippen LogP contribution in [0.3, 0.4) is 0 Å². The Morgan fingerprint density at radius 3 is 2.37 bits per heavy atom. The van der Waals surface area contributed by atoms with E-state index in [1.54, 1.807) is 6.07 Å². The van der Waals surface area contributed by atoms with Gasteiger partial charge in [-0.15, -0.1) is 0 Å². The molecule has 4 N–H and O–H groups in total. The van der Waals surface area contributed by atoms with Crippen molar-refractivity contribution in [3.63, 3.8) is 0 Å². The van der Waals surface area contributed by atoms with Gasteiger partial charge >= 0.3 is 0 Å². The minimum atomic E-state index is -0.808. The Bertz CT molecular complexity index is 1200. The number of amides is 3. The quantitative estimate of drug-likeness (QED) is 0.452. The number of aromatic nitrogens is 3. The number of carbonyl (C=O) groups excluding carboxylic acids is 3. The highest BCUT2D eigenvalue weighted by molar-refractivity contribution is 6.05. The first kappa shape index (κ1) is 24.0. The zero-order chi connectivity index (χ0) is 24.8. The van der Waals surface area contributed by atoms with Crippen LogP contribution < -0.4 is 16.4 Å². The van der Waals surface area contributed by atoms with Crippen LogP contribution in [0.1, 0.15) is 50.6 Å². The van der Waals surface area contributed by atoms with Gasteiger partial charge in [0, 0.05) is 18.7 Å². The van der Waals surface area contributed by atoms with Crippen molar-refractivity contribution in [1.82, 2.24) is 24.8 Å². The smallest absolute Gasteiger partial charge is 0.272 e. The van der Waals surface area contributed by atoms with Crippen LogP contribution in [0.4, 0.5) is 10.2 Å².